The lowest BCUT2D eigenvalue weighted by Gasteiger charge is -2.05. The quantitative estimate of drug-likeness (QED) is 0.535. The second-order valence-electron chi connectivity index (χ2n) is 2.78. The van der Waals surface area contributed by atoms with E-state index in [1.165, 1.54) is 11.2 Å². The molecule has 1 N–H and O–H groups in total. The van der Waals surface area contributed by atoms with Crippen molar-refractivity contribution < 1.29 is 26.3 Å². The van der Waals surface area contributed by atoms with Crippen molar-refractivity contribution in [2.45, 2.75) is 0 Å². The van der Waals surface area contributed by atoms with E-state index in [-0.39, 0.29) is 13.2 Å². The van der Waals surface area contributed by atoms with Gasteiger partial charge in [-0.05, 0) is 0 Å². The van der Waals surface area contributed by atoms with E-state index < -0.39 is 25.8 Å². The Labute approximate surface area is 89.9 Å². The predicted molar refractivity (Wildman–Crippen MR) is 54.5 cm³/mol. The fourth-order valence-corrected chi connectivity index (χ4v) is 3.20. The lowest BCUT2D eigenvalue weighted by Crippen LogP contribution is -2.33. The number of nitrogens with one attached hydrogen (secondary N) is 1. The van der Waals surface area contributed by atoms with E-state index in [1.807, 2.05) is 0 Å². The van der Waals surface area contributed by atoms with Crippen LogP contribution in [-0.2, 0) is 29.5 Å². The molecule has 0 spiro atoms. The van der Waals surface area contributed by atoms with E-state index in [9.17, 15) is 16.8 Å². The molecular formula is C6H15NO6S2. The summed E-state index contributed by atoms with van der Waals surface area (Å²) in [6.07, 6.45) is 0.774. The standard InChI is InChI=1S/C6H15NO6S2/c1-12-3-4-13-5-6-15(10,11)7-14(2,8)9/h7H,3-6H2,1-2H3. The van der Waals surface area contributed by atoms with Gasteiger partial charge in [0.1, 0.15) is 0 Å². The van der Waals surface area contributed by atoms with E-state index in [0.29, 0.717) is 6.61 Å². The van der Waals surface area contributed by atoms with Gasteiger partial charge in [-0.2, -0.15) is 0 Å². The molecular weight excluding hydrogens is 246 g/mol. The molecule has 0 fully saturated rings. The van der Waals surface area contributed by atoms with Gasteiger partial charge in [0.2, 0.25) is 20.0 Å². The van der Waals surface area contributed by atoms with Gasteiger partial charge in [0.15, 0.2) is 0 Å². The number of rotatable bonds is 8. The molecule has 0 aromatic heterocycles. The normalized spacial score (nSPS) is 12.9. The summed E-state index contributed by atoms with van der Waals surface area (Å²) in [7, 11) is -6.09. The van der Waals surface area contributed by atoms with Gasteiger partial charge < -0.3 is 9.47 Å². The zero-order valence-corrected chi connectivity index (χ0v) is 10.2. The number of sulfonamides is 2. The maximum absolute atomic E-state index is 11.1. The maximum atomic E-state index is 11.1. The van der Waals surface area contributed by atoms with Gasteiger partial charge in [-0.1, -0.05) is 0 Å². The first-order valence-electron chi connectivity index (χ1n) is 4.05. The van der Waals surface area contributed by atoms with Gasteiger partial charge in [0, 0.05) is 7.11 Å². The average Bonchev–Trinajstić information content (AvgIpc) is 1.99. The summed E-state index contributed by atoms with van der Waals surface area (Å²) in [6, 6.07) is 0. The molecule has 0 saturated carbocycles. The molecule has 0 aliphatic rings. The van der Waals surface area contributed by atoms with Crippen LogP contribution in [-0.4, -0.2) is 55.8 Å². The van der Waals surface area contributed by atoms with Gasteiger partial charge in [0.05, 0.1) is 31.8 Å². The molecule has 9 heteroatoms. The van der Waals surface area contributed by atoms with Crippen molar-refractivity contribution in [3.05, 3.63) is 0 Å². The Morgan fingerprint density at radius 1 is 1.07 bits per heavy atom. The molecule has 0 atom stereocenters. The minimum atomic E-state index is -3.83. The fraction of sp³-hybridized carbons (Fsp3) is 1.00. The monoisotopic (exact) mass is 261 g/mol. The average molecular weight is 261 g/mol. The van der Waals surface area contributed by atoms with Crippen LogP contribution in [0.3, 0.4) is 0 Å². The molecule has 0 aliphatic heterocycles. The molecule has 0 aromatic carbocycles. The molecule has 0 amide bonds. The van der Waals surface area contributed by atoms with E-state index in [4.69, 9.17) is 4.74 Å². The molecule has 0 saturated heterocycles. The van der Waals surface area contributed by atoms with E-state index in [0.717, 1.165) is 6.26 Å². The largest absolute Gasteiger partial charge is 0.382 e. The Kier molecular flexibility index (Phi) is 6.29. The molecule has 92 valence electrons. The van der Waals surface area contributed by atoms with Gasteiger partial charge in [-0.25, -0.2) is 16.8 Å². The minimum absolute atomic E-state index is 0.0752. The van der Waals surface area contributed by atoms with E-state index in [1.54, 1.807) is 0 Å². The number of methoxy groups -OCH3 is 1. The Morgan fingerprint density at radius 3 is 2.13 bits per heavy atom. The zero-order valence-electron chi connectivity index (χ0n) is 8.59. The highest BCUT2D eigenvalue weighted by Gasteiger charge is 2.15. The van der Waals surface area contributed by atoms with E-state index >= 15 is 0 Å². The van der Waals surface area contributed by atoms with E-state index in [2.05, 4.69) is 4.74 Å². The highest BCUT2D eigenvalue weighted by atomic mass is 32.3. The third kappa shape index (κ3) is 10.1. The van der Waals surface area contributed by atoms with Crippen molar-refractivity contribution in [3.63, 3.8) is 0 Å². The first-order chi connectivity index (χ1) is 6.77. The molecule has 0 radical (unpaired) electrons. The van der Waals surface area contributed by atoms with Crippen LogP contribution in [0, 0.1) is 0 Å². The van der Waals surface area contributed by atoms with Gasteiger partial charge >= 0.3 is 0 Å². The van der Waals surface area contributed by atoms with Crippen LogP contribution in [0.5, 0.6) is 0 Å². The van der Waals surface area contributed by atoms with Crippen molar-refractivity contribution in [2.75, 3.05) is 38.9 Å². The molecule has 0 aliphatic carbocycles. The van der Waals surface area contributed by atoms with Gasteiger partial charge in [-0.3, -0.25) is 0 Å². The molecule has 0 rings (SSSR count). The summed E-state index contributed by atoms with van der Waals surface area (Å²) in [5.41, 5.74) is 0. The van der Waals surface area contributed by atoms with Crippen molar-refractivity contribution in [2.24, 2.45) is 0 Å². The summed E-state index contributed by atoms with van der Waals surface area (Å²) in [4.78, 5) is 0. The smallest absolute Gasteiger partial charge is 0.226 e. The summed E-state index contributed by atoms with van der Waals surface area (Å²) >= 11 is 0. The summed E-state index contributed by atoms with van der Waals surface area (Å²) in [5, 5.41) is 0. The topological polar surface area (TPSA) is 98.8 Å². The highest BCUT2D eigenvalue weighted by molar-refractivity contribution is 8.04. The zero-order chi connectivity index (χ0) is 11.9. The van der Waals surface area contributed by atoms with Crippen LogP contribution in [0.2, 0.25) is 0 Å². The Bertz CT molecular complexity index is 359. The second kappa shape index (κ2) is 6.38. The fourth-order valence-electron chi connectivity index (χ4n) is 0.685. The van der Waals surface area contributed by atoms with Crippen LogP contribution in [0.1, 0.15) is 0 Å². The predicted octanol–water partition coefficient (Wildman–Crippen LogP) is -1.47. The Hall–Kier alpha value is -0.220. The van der Waals surface area contributed by atoms with Crippen LogP contribution in [0.4, 0.5) is 0 Å². The van der Waals surface area contributed by atoms with Gasteiger partial charge in [0.25, 0.3) is 0 Å². The maximum Gasteiger partial charge on any atom is 0.226 e. The number of hydrogen-bond acceptors (Lipinski definition) is 6. The van der Waals surface area contributed by atoms with Crippen LogP contribution in [0.25, 0.3) is 0 Å². The Morgan fingerprint density at radius 2 is 1.67 bits per heavy atom. The molecule has 0 aromatic rings. The number of hydrogen-bond donors (Lipinski definition) is 1. The molecule has 0 heterocycles. The first kappa shape index (κ1) is 14.8. The molecule has 0 unspecified atom stereocenters. The lowest BCUT2D eigenvalue weighted by molar-refractivity contribution is 0.0785. The van der Waals surface area contributed by atoms with Crippen molar-refractivity contribution in [1.82, 2.24) is 4.13 Å². The van der Waals surface area contributed by atoms with Crippen LogP contribution < -0.4 is 4.13 Å². The molecule has 0 bridgehead atoms. The third-order valence-corrected chi connectivity index (χ3v) is 4.14. The second-order valence-corrected chi connectivity index (χ2v) is 6.63. The summed E-state index contributed by atoms with van der Waals surface area (Å²) < 4.78 is 54.5. The SMILES string of the molecule is COCCOCCS(=O)(=O)NS(C)(=O)=O. The third-order valence-electron chi connectivity index (χ3n) is 1.21. The van der Waals surface area contributed by atoms with Crippen molar-refractivity contribution in [1.29, 1.82) is 0 Å². The first-order valence-corrected chi connectivity index (χ1v) is 7.59. The number of ether oxygens (including phenoxy) is 2. The highest BCUT2D eigenvalue weighted by Crippen LogP contribution is 1.89. The summed E-state index contributed by atoms with van der Waals surface area (Å²) in [5.74, 6) is -0.399. The molecule has 7 nitrogen and oxygen atoms in total. The van der Waals surface area contributed by atoms with Crippen molar-refractivity contribution >= 4 is 20.0 Å². The summed E-state index contributed by atoms with van der Waals surface area (Å²) in [6.45, 7) is 0.554. The van der Waals surface area contributed by atoms with Gasteiger partial charge in [-0.15, -0.1) is 4.13 Å². The molecule has 15 heavy (non-hydrogen) atoms. The Balaban J connectivity index is 3.86. The minimum Gasteiger partial charge on any atom is -0.382 e. The van der Waals surface area contributed by atoms with Crippen molar-refractivity contribution in [3.8, 4) is 0 Å². The lowest BCUT2D eigenvalue weighted by atomic mass is 10.7. The van der Waals surface area contributed by atoms with Crippen LogP contribution >= 0.6 is 0 Å². The van der Waals surface area contributed by atoms with Crippen LogP contribution in [0.15, 0.2) is 0 Å².